The molecule has 0 radical (unpaired) electrons. The van der Waals surface area contributed by atoms with Crippen molar-refractivity contribution >= 4 is 80.1 Å². The summed E-state index contributed by atoms with van der Waals surface area (Å²) in [6.45, 7) is 0. The highest BCUT2D eigenvalue weighted by atomic mass is 79.9. The molecule has 7 rings (SSSR count). The van der Waals surface area contributed by atoms with Gasteiger partial charge in [0.1, 0.15) is 0 Å². The first-order valence-corrected chi connectivity index (χ1v) is 10.5. The zero-order chi connectivity index (χ0) is 15.9. The molecule has 4 aromatic carbocycles. The minimum Gasteiger partial charge on any atom is -0.0505 e. The van der Waals surface area contributed by atoms with Gasteiger partial charge in [0.05, 0.1) is 0 Å². The summed E-state index contributed by atoms with van der Waals surface area (Å²) in [6.07, 6.45) is 3.14. The Morgan fingerprint density at radius 3 is 1.04 bits per heavy atom. The van der Waals surface area contributed by atoms with Gasteiger partial charge in [0.15, 0.2) is 0 Å². The van der Waals surface area contributed by atoms with Crippen molar-refractivity contribution in [3.63, 3.8) is 0 Å². The van der Waals surface area contributed by atoms with Crippen LogP contribution in [0.25, 0.3) is 32.3 Å². The fourth-order valence-corrected chi connectivity index (χ4v) is 7.27. The topological polar surface area (TPSA) is 0 Å². The van der Waals surface area contributed by atoms with Crippen LogP contribution in [0.1, 0.15) is 33.4 Å². The summed E-state index contributed by atoms with van der Waals surface area (Å²) in [4.78, 5) is 0. The molecule has 0 fully saturated rings. The Labute approximate surface area is 163 Å². The van der Waals surface area contributed by atoms with Crippen molar-refractivity contribution in [2.75, 3.05) is 0 Å². The van der Waals surface area contributed by atoms with Crippen LogP contribution in [0.15, 0.2) is 31.6 Å². The standard InChI is InChI=1S/C21H9Br3/c22-13-5-8-2-12-15(24)6-9-3-11-14(23)4-7-1-10(13)19-16(7)20(11)18(9)21(12)17(8)19/h4-6H,1-3H2. The van der Waals surface area contributed by atoms with Crippen LogP contribution in [0.4, 0.5) is 0 Å². The van der Waals surface area contributed by atoms with Gasteiger partial charge in [-0.15, -0.1) is 0 Å². The molecule has 114 valence electrons. The maximum Gasteiger partial charge on any atom is 0.0220 e. The molecule has 0 saturated carbocycles. The van der Waals surface area contributed by atoms with E-state index in [2.05, 4.69) is 66.0 Å². The number of hydrogen-bond donors (Lipinski definition) is 0. The summed E-state index contributed by atoms with van der Waals surface area (Å²) in [5.74, 6) is 0. The molecule has 3 heteroatoms. The summed E-state index contributed by atoms with van der Waals surface area (Å²) < 4.78 is 3.84. The smallest absolute Gasteiger partial charge is 0.0220 e. The highest BCUT2D eigenvalue weighted by Crippen LogP contribution is 2.56. The van der Waals surface area contributed by atoms with Crippen molar-refractivity contribution in [3.8, 4) is 0 Å². The average Bonchev–Trinajstić information content (AvgIpc) is 3.18. The predicted octanol–water partition coefficient (Wildman–Crippen LogP) is 7.15. The van der Waals surface area contributed by atoms with Crippen molar-refractivity contribution in [3.05, 3.63) is 65.0 Å². The number of rotatable bonds is 0. The van der Waals surface area contributed by atoms with E-state index in [1.165, 1.54) is 79.1 Å². The largest absolute Gasteiger partial charge is 0.0505 e. The molecular formula is C21H9Br3. The van der Waals surface area contributed by atoms with E-state index >= 15 is 0 Å². The normalized spacial score (nSPS) is 15.6. The van der Waals surface area contributed by atoms with E-state index in [0.29, 0.717) is 0 Å². The van der Waals surface area contributed by atoms with E-state index in [1.807, 2.05) is 0 Å². The fraction of sp³-hybridized carbons (Fsp3) is 0.143. The summed E-state index contributed by atoms with van der Waals surface area (Å²) in [5, 5.41) is 9.16. The van der Waals surface area contributed by atoms with Crippen LogP contribution >= 0.6 is 47.8 Å². The third-order valence-corrected chi connectivity index (χ3v) is 8.36. The molecule has 0 aromatic heterocycles. The molecule has 0 bridgehead atoms. The summed E-state index contributed by atoms with van der Waals surface area (Å²) in [7, 11) is 0. The van der Waals surface area contributed by atoms with E-state index in [0.717, 1.165) is 19.3 Å². The monoisotopic (exact) mass is 498 g/mol. The molecule has 3 aliphatic rings. The van der Waals surface area contributed by atoms with Crippen molar-refractivity contribution < 1.29 is 0 Å². The second-order valence-corrected chi connectivity index (χ2v) is 9.83. The Bertz CT molecular complexity index is 1150. The van der Waals surface area contributed by atoms with Crippen LogP contribution in [-0.2, 0) is 19.3 Å². The van der Waals surface area contributed by atoms with E-state index in [-0.39, 0.29) is 0 Å². The summed E-state index contributed by atoms with van der Waals surface area (Å²) in [5.41, 5.74) is 8.90. The zero-order valence-corrected chi connectivity index (χ0v) is 17.2. The SMILES string of the molecule is Brc1cc2c3c4c1Cc1cc(Br)c5c(c14)c1c(cc(Br)c(c31)C2)C5. The van der Waals surface area contributed by atoms with Gasteiger partial charge in [-0.1, -0.05) is 47.8 Å². The fourth-order valence-electron chi connectivity index (χ4n) is 5.42. The molecule has 0 atom stereocenters. The van der Waals surface area contributed by atoms with Gasteiger partial charge >= 0.3 is 0 Å². The van der Waals surface area contributed by atoms with Gasteiger partial charge in [-0.25, -0.2) is 0 Å². The lowest BCUT2D eigenvalue weighted by atomic mass is 9.94. The minimum absolute atomic E-state index is 1.05. The Kier molecular flexibility index (Phi) is 2.18. The lowest BCUT2D eigenvalue weighted by Crippen LogP contribution is -1.87. The molecule has 3 aliphatic carbocycles. The Balaban J connectivity index is 1.98. The molecular weight excluding hydrogens is 492 g/mol. The van der Waals surface area contributed by atoms with Crippen molar-refractivity contribution in [1.29, 1.82) is 0 Å². The van der Waals surface area contributed by atoms with Gasteiger partial charge < -0.3 is 0 Å². The Morgan fingerprint density at radius 2 is 0.750 bits per heavy atom. The molecule has 0 aliphatic heterocycles. The molecule has 0 saturated heterocycles. The first-order valence-electron chi connectivity index (χ1n) is 8.17. The third-order valence-electron chi connectivity index (χ3n) is 6.24. The third kappa shape index (κ3) is 1.23. The van der Waals surface area contributed by atoms with Gasteiger partial charge in [0.25, 0.3) is 0 Å². The van der Waals surface area contributed by atoms with Gasteiger partial charge in [0.2, 0.25) is 0 Å². The van der Waals surface area contributed by atoms with Crippen LogP contribution in [0, 0.1) is 0 Å². The molecule has 0 amide bonds. The molecule has 4 aromatic rings. The Morgan fingerprint density at radius 1 is 0.458 bits per heavy atom. The van der Waals surface area contributed by atoms with E-state index in [9.17, 15) is 0 Å². The maximum absolute atomic E-state index is 3.87. The molecule has 0 spiro atoms. The van der Waals surface area contributed by atoms with Crippen LogP contribution in [0.3, 0.4) is 0 Å². The second-order valence-electron chi connectivity index (χ2n) is 7.27. The van der Waals surface area contributed by atoms with Crippen molar-refractivity contribution in [2.45, 2.75) is 19.3 Å². The number of benzene rings is 4. The highest BCUT2D eigenvalue weighted by molar-refractivity contribution is 9.11. The van der Waals surface area contributed by atoms with E-state index in [1.54, 1.807) is 0 Å². The van der Waals surface area contributed by atoms with Gasteiger partial charge in [-0.3, -0.25) is 0 Å². The van der Waals surface area contributed by atoms with E-state index in [4.69, 9.17) is 0 Å². The number of halogens is 3. The summed E-state index contributed by atoms with van der Waals surface area (Å²) in [6, 6.07) is 7.11. The van der Waals surface area contributed by atoms with Crippen LogP contribution in [0.2, 0.25) is 0 Å². The summed E-state index contributed by atoms with van der Waals surface area (Å²) >= 11 is 11.6. The molecule has 0 heterocycles. The second kappa shape index (κ2) is 3.92. The number of hydrogen-bond acceptors (Lipinski definition) is 0. The first-order chi connectivity index (χ1) is 11.6. The van der Waals surface area contributed by atoms with Crippen LogP contribution < -0.4 is 0 Å². The van der Waals surface area contributed by atoms with Crippen molar-refractivity contribution in [1.82, 2.24) is 0 Å². The minimum atomic E-state index is 1.05. The van der Waals surface area contributed by atoms with Gasteiger partial charge in [0, 0.05) is 13.4 Å². The highest BCUT2D eigenvalue weighted by Gasteiger charge is 2.34. The molecule has 0 N–H and O–H groups in total. The molecule has 0 nitrogen and oxygen atoms in total. The molecule has 24 heavy (non-hydrogen) atoms. The average molecular weight is 501 g/mol. The zero-order valence-electron chi connectivity index (χ0n) is 12.5. The van der Waals surface area contributed by atoms with Gasteiger partial charge in [-0.05, 0) is 103 Å². The van der Waals surface area contributed by atoms with Crippen LogP contribution in [0.5, 0.6) is 0 Å². The first kappa shape index (κ1) is 13.3. The molecule has 0 unspecified atom stereocenters. The van der Waals surface area contributed by atoms with Gasteiger partial charge in [-0.2, -0.15) is 0 Å². The lowest BCUT2D eigenvalue weighted by Gasteiger charge is -2.11. The lowest BCUT2D eigenvalue weighted by molar-refractivity contribution is 1.22. The maximum atomic E-state index is 3.87. The quantitative estimate of drug-likeness (QED) is 0.194. The van der Waals surface area contributed by atoms with Crippen molar-refractivity contribution in [2.24, 2.45) is 0 Å². The Hall–Kier alpha value is -0.900. The predicted molar refractivity (Wildman–Crippen MR) is 110 cm³/mol. The van der Waals surface area contributed by atoms with E-state index < -0.39 is 0 Å². The van der Waals surface area contributed by atoms with Crippen LogP contribution in [-0.4, -0.2) is 0 Å².